The van der Waals surface area contributed by atoms with Gasteiger partial charge in [-0.05, 0) is 25.0 Å². The molecule has 0 N–H and O–H groups in total. The number of halogens is 2. The SMILES string of the molecule is O=c1c(Cl)c(Cl)cnn1CN1CCC[C@@H]1c1nc2ccccc2s1. The first-order valence-electron chi connectivity index (χ1n) is 7.64. The van der Waals surface area contributed by atoms with Gasteiger partial charge in [0, 0.05) is 6.54 Å². The van der Waals surface area contributed by atoms with E-state index < -0.39 is 0 Å². The van der Waals surface area contributed by atoms with Gasteiger partial charge in [-0.15, -0.1) is 11.3 Å². The summed E-state index contributed by atoms with van der Waals surface area (Å²) in [5.74, 6) is 0. The van der Waals surface area contributed by atoms with Crippen molar-refractivity contribution < 1.29 is 0 Å². The third-order valence-electron chi connectivity index (χ3n) is 4.22. The highest BCUT2D eigenvalue weighted by atomic mass is 35.5. The van der Waals surface area contributed by atoms with E-state index in [0.717, 1.165) is 29.9 Å². The number of nitrogens with zero attached hydrogens (tertiary/aromatic N) is 4. The lowest BCUT2D eigenvalue weighted by molar-refractivity contribution is 0.187. The molecule has 0 unspecified atom stereocenters. The first kappa shape index (κ1) is 16.0. The number of aromatic nitrogens is 3. The van der Waals surface area contributed by atoms with Crippen molar-refractivity contribution in [2.45, 2.75) is 25.6 Å². The average Bonchev–Trinajstić information content (AvgIpc) is 3.21. The van der Waals surface area contributed by atoms with Crippen LogP contribution in [0.3, 0.4) is 0 Å². The van der Waals surface area contributed by atoms with E-state index in [1.54, 1.807) is 11.3 Å². The van der Waals surface area contributed by atoms with E-state index in [9.17, 15) is 4.79 Å². The van der Waals surface area contributed by atoms with Crippen LogP contribution in [-0.4, -0.2) is 26.2 Å². The van der Waals surface area contributed by atoms with Gasteiger partial charge in [-0.1, -0.05) is 35.3 Å². The van der Waals surface area contributed by atoms with Gasteiger partial charge in [-0.2, -0.15) is 5.10 Å². The van der Waals surface area contributed by atoms with E-state index in [1.807, 2.05) is 18.2 Å². The molecule has 1 aliphatic heterocycles. The smallest absolute Gasteiger partial charge is 0.275 e. The molecule has 4 rings (SSSR count). The molecule has 0 bridgehead atoms. The Morgan fingerprint density at radius 3 is 2.96 bits per heavy atom. The monoisotopic (exact) mass is 380 g/mol. The normalized spacial score (nSPS) is 18.5. The molecule has 1 saturated heterocycles. The Balaban J connectivity index is 1.63. The average molecular weight is 381 g/mol. The van der Waals surface area contributed by atoms with Gasteiger partial charge in [0.15, 0.2) is 0 Å². The minimum atomic E-state index is -0.362. The lowest BCUT2D eigenvalue weighted by Gasteiger charge is -2.22. The summed E-state index contributed by atoms with van der Waals surface area (Å²) in [6, 6.07) is 8.33. The van der Waals surface area contributed by atoms with Crippen molar-refractivity contribution in [3.8, 4) is 0 Å². The summed E-state index contributed by atoms with van der Waals surface area (Å²) in [6.07, 6.45) is 3.50. The fourth-order valence-electron chi connectivity index (χ4n) is 3.03. The molecule has 5 nitrogen and oxygen atoms in total. The molecule has 2 aromatic heterocycles. The number of hydrogen-bond donors (Lipinski definition) is 0. The summed E-state index contributed by atoms with van der Waals surface area (Å²) < 4.78 is 2.55. The molecule has 1 atom stereocenters. The molecular formula is C16H14Cl2N4OS. The number of para-hydroxylation sites is 1. The van der Waals surface area contributed by atoms with Crippen LogP contribution in [0, 0.1) is 0 Å². The van der Waals surface area contributed by atoms with Crippen LogP contribution in [-0.2, 0) is 6.67 Å². The molecule has 3 aromatic rings. The zero-order valence-corrected chi connectivity index (χ0v) is 15.0. The molecule has 1 aromatic carbocycles. The highest BCUT2D eigenvalue weighted by Gasteiger charge is 2.29. The van der Waals surface area contributed by atoms with Gasteiger partial charge in [0.25, 0.3) is 5.56 Å². The highest BCUT2D eigenvalue weighted by molar-refractivity contribution is 7.18. The number of benzene rings is 1. The maximum atomic E-state index is 12.2. The Morgan fingerprint density at radius 1 is 1.29 bits per heavy atom. The number of hydrogen-bond acceptors (Lipinski definition) is 5. The van der Waals surface area contributed by atoms with Crippen LogP contribution >= 0.6 is 34.5 Å². The number of likely N-dealkylation sites (tertiary alicyclic amines) is 1. The molecular weight excluding hydrogens is 367 g/mol. The fourth-order valence-corrected chi connectivity index (χ4v) is 4.43. The molecule has 1 aliphatic rings. The third-order valence-corrected chi connectivity index (χ3v) is 6.10. The predicted octanol–water partition coefficient (Wildman–Crippen LogP) is 3.95. The summed E-state index contributed by atoms with van der Waals surface area (Å²) in [6.45, 7) is 1.28. The maximum absolute atomic E-state index is 12.2. The van der Waals surface area contributed by atoms with Crippen molar-refractivity contribution in [2.75, 3.05) is 6.54 Å². The van der Waals surface area contributed by atoms with E-state index in [0.29, 0.717) is 6.67 Å². The number of rotatable bonds is 3. The highest BCUT2D eigenvalue weighted by Crippen LogP contribution is 2.36. The molecule has 124 valence electrons. The lowest BCUT2D eigenvalue weighted by atomic mass is 10.2. The van der Waals surface area contributed by atoms with Crippen LogP contribution in [0.5, 0.6) is 0 Å². The second kappa shape index (κ2) is 6.44. The molecule has 0 aliphatic carbocycles. The molecule has 0 amide bonds. The summed E-state index contributed by atoms with van der Waals surface area (Å²) in [7, 11) is 0. The Hall–Kier alpha value is -1.47. The first-order chi connectivity index (χ1) is 11.6. The van der Waals surface area contributed by atoms with Crippen molar-refractivity contribution in [1.29, 1.82) is 0 Å². The maximum Gasteiger partial charge on any atom is 0.288 e. The van der Waals surface area contributed by atoms with Crippen LogP contribution in [0.2, 0.25) is 10.0 Å². The topological polar surface area (TPSA) is 51.0 Å². The summed E-state index contributed by atoms with van der Waals surface area (Å²) in [4.78, 5) is 19.2. The molecule has 0 saturated carbocycles. The summed E-state index contributed by atoms with van der Waals surface area (Å²) in [5.41, 5.74) is 0.660. The second-order valence-electron chi connectivity index (χ2n) is 5.74. The van der Waals surface area contributed by atoms with Crippen molar-refractivity contribution >= 4 is 44.8 Å². The lowest BCUT2D eigenvalue weighted by Crippen LogP contribution is -2.33. The zero-order chi connectivity index (χ0) is 16.7. The molecule has 0 radical (unpaired) electrons. The van der Waals surface area contributed by atoms with Crippen LogP contribution < -0.4 is 5.56 Å². The van der Waals surface area contributed by atoms with Crippen LogP contribution in [0.1, 0.15) is 23.9 Å². The Morgan fingerprint density at radius 2 is 2.12 bits per heavy atom. The van der Waals surface area contributed by atoms with Crippen molar-refractivity contribution in [3.05, 3.63) is 55.9 Å². The predicted molar refractivity (Wildman–Crippen MR) is 96.8 cm³/mol. The molecule has 1 fully saturated rings. The van der Waals surface area contributed by atoms with Crippen molar-refractivity contribution in [3.63, 3.8) is 0 Å². The molecule has 24 heavy (non-hydrogen) atoms. The van der Waals surface area contributed by atoms with Crippen LogP contribution in [0.4, 0.5) is 0 Å². The summed E-state index contributed by atoms with van der Waals surface area (Å²) in [5, 5.41) is 5.39. The van der Waals surface area contributed by atoms with E-state index in [-0.39, 0.29) is 21.6 Å². The summed E-state index contributed by atoms with van der Waals surface area (Å²) >= 11 is 13.5. The van der Waals surface area contributed by atoms with Crippen molar-refractivity contribution in [1.82, 2.24) is 19.7 Å². The Labute approximate surface area is 152 Å². The zero-order valence-electron chi connectivity index (χ0n) is 12.7. The van der Waals surface area contributed by atoms with Gasteiger partial charge in [0.1, 0.15) is 10.0 Å². The molecule has 3 heterocycles. The van der Waals surface area contributed by atoms with Crippen molar-refractivity contribution in [2.24, 2.45) is 0 Å². The van der Waals surface area contributed by atoms with E-state index in [1.165, 1.54) is 15.6 Å². The fraction of sp³-hybridized carbons (Fsp3) is 0.312. The van der Waals surface area contributed by atoms with Gasteiger partial charge < -0.3 is 0 Å². The van der Waals surface area contributed by atoms with Crippen LogP contribution in [0.15, 0.2) is 35.3 Å². The minimum absolute atomic E-state index is 0.0161. The van der Waals surface area contributed by atoms with Gasteiger partial charge in [-0.25, -0.2) is 9.67 Å². The number of fused-ring (bicyclic) bond motifs is 1. The van der Waals surface area contributed by atoms with Gasteiger partial charge in [0.2, 0.25) is 0 Å². The van der Waals surface area contributed by atoms with E-state index in [2.05, 4.69) is 16.1 Å². The number of thiazole rings is 1. The molecule has 0 spiro atoms. The van der Waals surface area contributed by atoms with E-state index >= 15 is 0 Å². The Bertz CT molecular complexity index is 922. The Kier molecular flexibility index (Phi) is 4.30. The second-order valence-corrected chi connectivity index (χ2v) is 7.59. The largest absolute Gasteiger partial charge is 0.288 e. The quantitative estimate of drug-likeness (QED) is 0.689. The van der Waals surface area contributed by atoms with E-state index in [4.69, 9.17) is 28.2 Å². The van der Waals surface area contributed by atoms with Gasteiger partial charge in [-0.3, -0.25) is 9.69 Å². The standard InChI is InChI=1S/C16H14Cl2N4OS/c17-10-8-19-22(16(23)14(10)18)9-21-7-3-5-12(21)15-20-11-4-1-2-6-13(11)24-15/h1-2,4,6,8,12H,3,5,7,9H2/t12-/m1/s1. The van der Waals surface area contributed by atoms with Crippen LogP contribution in [0.25, 0.3) is 10.2 Å². The third kappa shape index (κ3) is 2.84. The van der Waals surface area contributed by atoms with Gasteiger partial charge in [0.05, 0.1) is 34.1 Å². The molecule has 8 heteroatoms. The first-order valence-corrected chi connectivity index (χ1v) is 9.21. The van der Waals surface area contributed by atoms with Gasteiger partial charge >= 0.3 is 0 Å². The minimum Gasteiger partial charge on any atom is -0.275 e.